The lowest BCUT2D eigenvalue weighted by Gasteiger charge is -2.34. The molecule has 0 bridgehead atoms. The normalized spacial score (nSPS) is 15.5. The minimum absolute atomic E-state index is 0.0329. The van der Waals surface area contributed by atoms with Crippen molar-refractivity contribution in [1.82, 2.24) is 9.80 Å². The van der Waals surface area contributed by atoms with Crippen LogP contribution in [-0.2, 0) is 4.79 Å². The zero-order chi connectivity index (χ0) is 19.1. The number of ether oxygens (including phenoxy) is 1. The lowest BCUT2D eigenvalue weighted by atomic mass is 10.3. The molecule has 2 aromatic carbocycles. The molecule has 0 saturated carbocycles. The number of benzene rings is 2. The van der Waals surface area contributed by atoms with Crippen LogP contribution in [0, 0.1) is 0 Å². The molecule has 0 atom stereocenters. The highest BCUT2D eigenvalue weighted by Gasteiger charge is 2.19. The van der Waals surface area contributed by atoms with Gasteiger partial charge in [-0.15, -0.1) is 0 Å². The Morgan fingerprint density at radius 3 is 2.48 bits per heavy atom. The first kappa shape index (κ1) is 20.1. The largest absolute Gasteiger partial charge is 0.491 e. The van der Waals surface area contributed by atoms with E-state index in [1.54, 1.807) is 0 Å². The Morgan fingerprint density at radius 2 is 1.78 bits per heavy atom. The minimum Gasteiger partial charge on any atom is -0.491 e. The van der Waals surface area contributed by atoms with Gasteiger partial charge in [-0.05, 0) is 46.3 Å². The van der Waals surface area contributed by atoms with Crippen LogP contribution >= 0.6 is 27.5 Å². The van der Waals surface area contributed by atoms with Crippen LogP contribution in [0.15, 0.2) is 53.0 Å². The van der Waals surface area contributed by atoms with Crippen molar-refractivity contribution in [2.24, 2.45) is 0 Å². The number of para-hydroxylation sites is 1. The molecule has 1 aliphatic heterocycles. The molecule has 0 unspecified atom stereocenters. The molecule has 7 heteroatoms. The number of rotatable bonds is 7. The van der Waals surface area contributed by atoms with Crippen molar-refractivity contribution < 1.29 is 9.53 Å². The number of hydrogen-bond acceptors (Lipinski definition) is 4. The Hall–Kier alpha value is -1.60. The second-order valence-corrected chi connectivity index (χ2v) is 7.75. The molecule has 3 rings (SSSR count). The number of carbonyl (C=O) groups is 1. The van der Waals surface area contributed by atoms with Crippen LogP contribution in [0.3, 0.4) is 0 Å². The number of hydrogen-bond donors (Lipinski definition) is 1. The number of halogens is 2. The number of carbonyl (C=O) groups excluding carboxylic acids is 1. The Bertz CT molecular complexity index is 752. The summed E-state index contributed by atoms with van der Waals surface area (Å²) in [5.74, 6) is 0.834. The van der Waals surface area contributed by atoms with E-state index >= 15 is 0 Å². The summed E-state index contributed by atoms with van der Waals surface area (Å²) in [4.78, 5) is 16.7. The average molecular weight is 453 g/mol. The number of nitrogens with one attached hydrogen (secondary N) is 1. The molecule has 2 aromatic rings. The first-order chi connectivity index (χ1) is 13.1. The zero-order valence-electron chi connectivity index (χ0n) is 15.0. The highest BCUT2D eigenvalue weighted by molar-refractivity contribution is 9.10. The minimum atomic E-state index is 0.0329. The molecular formula is C20H23BrClN3O2. The average Bonchev–Trinajstić information content (AvgIpc) is 2.66. The highest BCUT2D eigenvalue weighted by atomic mass is 79.9. The summed E-state index contributed by atoms with van der Waals surface area (Å²) >= 11 is 9.40. The second kappa shape index (κ2) is 10.1. The van der Waals surface area contributed by atoms with Gasteiger partial charge in [0.2, 0.25) is 5.91 Å². The third-order valence-corrected chi connectivity index (χ3v) is 5.30. The summed E-state index contributed by atoms with van der Waals surface area (Å²) in [7, 11) is 0. The van der Waals surface area contributed by atoms with Gasteiger partial charge in [-0.1, -0.05) is 29.8 Å². The standard InChI is InChI=1S/C20H23BrClN3O2/c21-18-14-16(22)6-7-19(18)27-13-12-24-8-10-25(11-9-24)15-20(26)23-17-4-2-1-3-5-17/h1-7,14H,8-13,15H2,(H,23,26). The summed E-state index contributed by atoms with van der Waals surface area (Å²) in [5, 5.41) is 3.62. The van der Waals surface area contributed by atoms with E-state index in [0.717, 1.165) is 48.6 Å². The molecule has 1 heterocycles. The van der Waals surface area contributed by atoms with Gasteiger partial charge in [0.05, 0.1) is 11.0 Å². The van der Waals surface area contributed by atoms with Gasteiger partial charge in [0.25, 0.3) is 0 Å². The van der Waals surface area contributed by atoms with Crippen molar-refractivity contribution in [3.05, 3.63) is 58.0 Å². The van der Waals surface area contributed by atoms with Crippen molar-refractivity contribution in [2.45, 2.75) is 0 Å². The van der Waals surface area contributed by atoms with Gasteiger partial charge in [0.1, 0.15) is 12.4 Å². The Kier molecular flexibility index (Phi) is 7.52. The third kappa shape index (κ3) is 6.50. The van der Waals surface area contributed by atoms with Crippen molar-refractivity contribution in [1.29, 1.82) is 0 Å². The molecule has 0 aromatic heterocycles. The van der Waals surface area contributed by atoms with E-state index in [0.29, 0.717) is 18.2 Å². The molecule has 0 aliphatic carbocycles. The van der Waals surface area contributed by atoms with E-state index in [-0.39, 0.29) is 5.91 Å². The molecule has 0 radical (unpaired) electrons. The molecular weight excluding hydrogens is 430 g/mol. The lowest BCUT2D eigenvalue weighted by molar-refractivity contribution is -0.117. The smallest absolute Gasteiger partial charge is 0.238 e. The fraction of sp³-hybridized carbons (Fsp3) is 0.350. The van der Waals surface area contributed by atoms with Crippen LogP contribution in [0.1, 0.15) is 0 Å². The predicted octanol–water partition coefficient (Wildman–Crippen LogP) is 3.74. The van der Waals surface area contributed by atoms with Gasteiger partial charge in [0.15, 0.2) is 0 Å². The van der Waals surface area contributed by atoms with Crippen LogP contribution in [0.2, 0.25) is 5.02 Å². The quantitative estimate of drug-likeness (QED) is 0.695. The van der Waals surface area contributed by atoms with Crippen LogP contribution in [0.5, 0.6) is 5.75 Å². The lowest BCUT2D eigenvalue weighted by Crippen LogP contribution is -2.49. The summed E-state index contributed by atoms with van der Waals surface area (Å²) in [6.07, 6.45) is 0. The molecule has 144 valence electrons. The van der Waals surface area contributed by atoms with Gasteiger partial charge < -0.3 is 10.1 Å². The zero-order valence-corrected chi connectivity index (χ0v) is 17.4. The number of amides is 1. The summed E-state index contributed by atoms with van der Waals surface area (Å²) in [6, 6.07) is 15.1. The maximum atomic E-state index is 12.1. The third-order valence-electron chi connectivity index (χ3n) is 4.45. The Balaban J connectivity index is 1.34. The van der Waals surface area contributed by atoms with E-state index in [4.69, 9.17) is 16.3 Å². The molecule has 1 N–H and O–H groups in total. The Morgan fingerprint density at radius 1 is 1.07 bits per heavy atom. The topological polar surface area (TPSA) is 44.8 Å². The summed E-state index contributed by atoms with van der Waals surface area (Å²) in [6.45, 7) is 5.54. The second-order valence-electron chi connectivity index (χ2n) is 6.46. The first-order valence-corrected chi connectivity index (χ1v) is 10.1. The Labute approximate surface area is 173 Å². The van der Waals surface area contributed by atoms with Gasteiger partial charge >= 0.3 is 0 Å². The van der Waals surface area contributed by atoms with E-state index < -0.39 is 0 Å². The van der Waals surface area contributed by atoms with E-state index in [9.17, 15) is 4.79 Å². The summed E-state index contributed by atoms with van der Waals surface area (Å²) in [5.41, 5.74) is 0.839. The van der Waals surface area contributed by atoms with Crippen LogP contribution in [-0.4, -0.2) is 61.6 Å². The van der Waals surface area contributed by atoms with E-state index in [1.807, 2.05) is 48.5 Å². The maximum absolute atomic E-state index is 12.1. The SMILES string of the molecule is O=C(CN1CCN(CCOc2ccc(Cl)cc2Br)CC1)Nc1ccccc1. The molecule has 0 spiro atoms. The monoisotopic (exact) mass is 451 g/mol. The summed E-state index contributed by atoms with van der Waals surface area (Å²) < 4.78 is 6.69. The van der Waals surface area contributed by atoms with Crippen molar-refractivity contribution >= 4 is 39.1 Å². The van der Waals surface area contributed by atoms with Crippen LogP contribution in [0.25, 0.3) is 0 Å². The molecule has 1 aliphatic rings. The molecule has 1 amide bonds. The number of piperazine rings is 1. The molecule has 1 fully saturated rings. The maximum Gasteiger partial charge on any atom is 0.238 e. The van der Waals surface area contributed by atoms with Gasteiger partial charge in [0, 0.05) is 43.4 Å². The highest BCUT2D eigenvalue weighted by Crippen LogP contribution is 2.27. The van der Waals surface area contributed by atoms with Crippen LogP contribution < -0.4 is 10.1 Å². The van der Waals surface area contributed by atoms with Crippen molar-refractivity contribution in [2.75, 3.05) is 51.2 Å². The van der Waals surface area contributed by atoms with Gasteiger partial charge in [-0.25, -0.2) is 0 Å². The van der Waals surface area contributed by atoms with Gasteiger partial charge in [-0.3, -0.25) is 14.6 Å². The van der Waals surface area contributed by atoms with Crippen molar-refractivity contribution in [3.63, 3.8) is 0 Å². The van der Waals surface area contributed by atoms with Gasteiger partial charge in [-0.2, -0.15) is 0 Å². The number of nitrogens with zero attached hydrogens (tertiary/aromatic N) is 2. The van der Waals surface area contributed by atoms with E-state index in [2.05, 4.69) is 31.0 Å². The fourth-order valence-electron chi connectivity index (χ4n) is 2.97. The molecule has 1 saturated heterocycles. The first-order valence-electron chi connectivity index (χ1n) is 8.97. The van der Waals surface area contributed by atoms with Crippen LogP contribution in [0.4, 0.5) is 5.69 Å². The predicted molar refractivity (Wildman–Crippen MR) is 113 cm³/mol. The fourth-order valence-corrected chi connectivity index (χ4v) is 3.77. The van der Waals surface area contributed by atoms with E-state index in [1.165, 1.54) is 0 Å². The number of anilines is 1. The molecule has 27 heavy (non-hydrogen) atoms. The molecule has 5 nitrogen and oxygen atoms in total. The van der Waals surface area contributed by atoms with Crippen molar-refractivity contribution in [3.8, 4) is 5.75 Å².